The molecule has 6 heteroatoms. The van der Waals surface area contributed by atoms with Crippen molar-refractivity contribution in [1.82, 2.24) is 5.32 Å². The second-order valence-electron chi connectivity index (χ2n) is 6.16. The molecule has 1 heterocycles. The molecule has 0 radical (unpaired) electrons. The Hall–Kier alpha value is -2.11. The van der Waals surface area contributed by atoms with Crippen LogP contribution in [0.15, 0.2) is 27.5 Å². The molecule has 0 saturated heterocycles. The molecule has 1 amide bonds. The average molecular weight is 294 g/mol. The maximum Gasteiger partial charge on any atom is 0.412 e. The van der Waals surface area contributed by atoms with Crippen LogP contribution < -0.4 is 5.32 Å². The van der Waals surface area contributed by atoms with Crippen molar-refractivity contribution < 1.29 is 19.1 Å². The zero-order valence-corrected chi connectivity index (χ0v) is 13.6. The predicted molar refractivity (Wildman–Crippen MR) is 79.6 cm³/mol. The van der Waals surface area contributed by atoms with Crippen LogP contribution in [0.2, 0.25) is 0 Å². The summed E-state index contributed by atoms with van der Waals surface area (Å²) in [6, 6.07) is 0. The Morgan fingerprint density at radius 2 is 1.76 bits per heavy atom. The highest BCUT2D eigenvalue weighted by molar-refractivity contribution is 6.12. The van der Waals surface area contributed by atoms with E-state index < -0.39 is 17.7 Å². The number of nitrogens with one attached hydrogen (secondary N) is 1. The molecule has 6 nitrogen and oxygen atoms in total. The fourth-order valence-corrected chi connectivity index (χ4v) is 1.53. The van der Waals surface area contributed by atoms with Crippen LogP contribution in [0.1, 0.15) is 48.5 Å². The number of ether oxygens (including phenoxy) is 2. The van der Waals surface area contributed by atoms with Crippen molar-refractivity contribution in [2.75, 3.05) is 0 Å². The zero-order chi connectivity index (χ0) is 16.4. The molecule has 0 saturated carbocycles. The number of carbonyl (C=O) groups excluding carboxylic acids is 2. The number of alkyl carbamates (subject to hydrolysis) is 1. The van der Waals surface area contributed by atoms with Crippen molar-refractivity contribution in [1.29, 1.82) is 0 Å². The fraction of sp³-hybridized carbons (Fsp3) is 0.533. The Kier molecular flexibility index (Phi) is 4.93. The molecule has 0 fully saturated rings. The minimum absolute atomic E-state index is 0.0852. The van der Waals surface area contributed by atoms with E-state index in [1.54, 1.807) is 48.5 Å². The molecule has 0 spiro atoms. The number of hydrogen-bond donors (Lipinski definition) is 1. The summed E-state index contributed by atoms with van der Waals surface area (Å²) in [6.45, 7) is 12.4. The van der Waals surface area contributed by atoms with Crippen LogP contribution in [0.3, 0.4) is 0 Å². The van der Waals surface area contributed by atoms with E-state index in [1.165, 1.54) is 0 Å². The van der Waals surface area contributed by atoms with Gasteiger partial charge < -0.3 is 9.47 Å². The van der Waals surface area contributed by atoms with Crippen LogP contribution in [0, 0.1) is 0 Å². The van der Waals surface area contributed by atoms with E-state index in [1.807, 2.05) is 0 Å². The molecule has 1 aliphatic rings. The van der Waals surface area contributed by atoms with E-state index in [9.17, 15) is 9.59 Å². The van der Waals surface area contributed by atoms with Gasteiger partial charge in [0.2, 0.25) is 5.90 Å². The maximum absolute atomic E-state index is 11.9. The van der Waals surface area contributed by atoms with E-state index in [0.29, 0.717) is 5.70 Å². The molecule has 0 aromatic heterocycles. The number of allylic oxidation sites excluding steroid dienone is 2. The highest BCUT2D eigenvalue weighted by Gasteiger charge is 2.29. The summed E-state index contributed by atoms with van der Waals surface area (Å²) in [7, 11) is 0. The molecule has 21 heavy (non-hydrogen) atoms. The third-order valence-electron chi connectivity index (χ3n) is 2.41. The Bertz CT molecular complexity index is 555. The largest absolute Gasteiger partial charge is 0.444 e. The lowest BCUT2D eigenvalue weighted by Gasteiger charge is -2.20. The van der Waals surface area contributed by atoms with Gasteiger partial charge in [-0.15, -0.1) is 0 Å². The van der Waals surface area contributed by atoms with Crippen molar-refractivity contribution in [3.63, 3.8) is 0 Å². The van der Waals surface area contributed by atoms with Crippen molar-refractivity contribution >= 4 is 18.0 Å². The van der Waals surface area contributed by atoms with E-state index in [4.69, 9.17) is 9.47 Å². The average Bonchev–Trinajstić information content (AvgIpc) is 2.65. The van der Waals surface area contributed by atoms with E-state index in [0.717, 1.165) is 11.1 Å². The number of cyclic esters (lactones) is 1. The first kappa shape index (κ1) is 16.9. The summed E-state index contributed by atoms with van der Waals surface area (Å²) < 4.78 is 10.3. The molecule has 0 aromatic carbocycles. The highest BCUT2D eigenvalue weighted by atomic mass is 16.6. The minimum Gasteiger partial charge on any atom is -0.444 e. The van der Waals surface area contributed by atoms with Gasteiger partial charge in [-0.2, -0.15) is 0 Å². The van der Waals surface area contributed by atoms with E-state index in [-0.39, 0.29) is 11.6 Å². The molecular formula is C15H22N2O4. The van der Waals surface area contributed by atoms with Crippen LogP contribution >= 0.6 is 0 Å². The van der Waals surface area contributed by atoms with Crippen LogP contribution in [0.4, 0.5) is 4.79 Å². The van der Waals surface area contributed by atoms with Gasteiger partial charge in [0.15, 0.2) is 5.70 Å². The van der Waals surface area contributed by atoms with Crippen molar-refractivity contribution in [2.24, 2.45) is 4.99 Å². The fourth-order valence-electron chi connectivity index (χ4n) is 1.53. The van der Waals surface area contributed by atoms with Gasteiger partial charge in [-0.1, -0.05) is 0 Å². The van der Waals surface area contributed by atoms with Gasteiger partial charge in [0.1, 0.15) is 11.3 Å². The molecule has 0 aromatic rings. The number of nitrogens with zero attached hydrogens (tertiary/aromatic N) is 1. The second-order valence-corrected chi connectivity index (χ2v) is 6.16. The van der Waals surface area contributed by atoms with Gasteiger partial charge in [-0.05, 0) is 59.6 Å². The van der Waals surface area contributed by atoms with Gasteiger partial charge in [-0.25, -0.2) is 14.6 Å². The van der Waals surface area contributed by atoms with E-state index in [2.05, 4.69) is 10.3 Å². The lowest BCUT2D eigenvalue weighted by molar-refractivity contribution is -0.130. The van der Waals surface area contributed by atoms with Gasteiger partial charge in [-0.3, -0.25) is 5.32 Å². The SMILES string of the molecule is CC(C)=C1N=C(C(NC(=O)OC(C)(C)C)=C(C)C)OC1=O. The number of aliphatic imine (C=N–C) groups is 1. The third-order valence-corrected chi connectivity index (χ3v) is 2.41. The quantitative estimate of drug-likeness (QED) is 0.627. The number of carbonyl (C=O) groups is 2. The first-order chi connectivity index (χ1) is 9.51. The number of esters is 1. The number of rotatable bonds is 2. The molecule has 0 bridgehead atoms. The minimum atomic E-state index is -0.622. The Morgan fingerprint density at radius 1 is 1.19 bits per heavy atom. The standard InChI is InChI=1S/C15H22N2O4/c1-8(2)10(17-14(19)21-15(5,6)7)12-16-11(9(3)4)13(18)20-12/h1-7H3,(H,17,19). The molecule has 0 aliphatic carbocycles. The number of hydrogen-bond acceptors (Lipinski definition) is 5. The Balaban J connectivity index is 3.00. The predicted octanol–water partition coefficient (Wildman–Crippen LogP) is 3.05. The summed E-state index contributed by atoms with van der Waals surface area (Å²) in [4.78, 5) is 27.7. The van der Waals surface area contributed by atoms with Gasteiger partial charge in [0.25, 0.3) is 0 Å². The van der Waals surface area contributed by atoms with E-state index >= 15 is 0 Å². The molecular weight excluding hydrogens is 272 g/mol. The molecule has 1 rings (SSSR count). The first-order valence-electron chi connectivity index (χ1n) is 6.67. The maximum atomic E-state index is 11.9. The van der Waals surface area contributed by atoms with Gasteiger partial charge in [0.05, 0.1) is 0 Å². The lowest BCUT2D eigenvalue weighted by atomic mass is 10.2. The van der Waals surface area contributed by atoms with Crippen molar-refractivity contribution in [3.05, 3.63) is 22.5 Å². The summed E-state index contributed by atoms with van der Waals surface area (Å²) in [6.07, 6.45) is -0.622. The van der Waals surface area contributed by atoms with Crippen LogP contribution in [0.25, 0.3) is 0 Å². The highest BCUT2D eigenvalue weighted by Crippen LogP contribution is 2.19. The van der Waals surface area contributed by atoms with Crippen LogP contribution in [-0.4, -0.2) is 23.6 Å². The van der Waals surface area contributed by atoms with Crippen molar-refractivity contribution in [2.45, 2.75) is 54.1 Å². The first-order valence-corrected chi connectivity index (χ1v) is 6.67. The summed E-state index contributed by atoms with van der Waals surface area (Å²) in [5, 5.41) is 2.58. The Labute approximate surface area is 124 Å². The molecule has 1 aliphatic heterocycles. The zero-order valence-electron chi connectivity index (χ0n) is 13.6. The monoisotopic (exact) mass is 294 g/mol. The number of amides is 1. The van der Waals surface area contributed by atoms with Gasteiger partial charge >= 0.3 is 12.1 Å². The third kappa shape index (κ3) is 4.73. The van der Waals surface area contributed by atoms with Gasteiger partial charge in [0, 0.05) is 0 Å². The molecule has 1 N–H and O–H groups in total. The molecule has 0 atom stereocenters. The lowest BCUT2D eigenvalue weighted by Crippen LogP contribution is -2.34. The summed E-state index contributed by atoms with van der Waals surface area (Å²) in [5.41, 5.74) is 1.49. The summed E-state index contributed by atoms with van der Waals surface area (Å²) >= 11 is 0. The van der Waals surface area contributed by atoms with Crippen molar-refractivity contribution in [3.8, 4) is 0 Å². The van der Waals surface area contributed by atoms with Crippen LogP contribution in [0.5, 0.6) is 0 Å². The summed E-state index contributed by atoms with van der Waals surface area (Å²) in [5.74, 6) is -0.434. The second kappa shape index (κ2) is 6.11. The molecule has 0 unspecified atom stereocenters. The topological polar surface area (TPSA) is 77.0 Å². The normalized spacial score (nSPS) is 14.3. The smallest absolute Gasteiger partial charge is 0.412 e. The molecule has 116 valence electrons. The van der Waals surface area contributed by atoms with Crippen LogP contribution in [-0.2, 0) is 14.3 Å². The Morgan fingerprint density at radius 3 is 2.14 bits per heavy atom.